The van der Waals surface area contributed by atoms with Crippen molar-refractivity contribution in [1.29, 1.82) is 0 Å². The minimum absolute atomic E-state index is 0.0388. The van der Waals surface area contributed by atoms with Gasteiger partial charge < -0.3 is 15.0 Å². The Labute approximate surface area is 231 Å². The lowest BCUT2D eigenvalue weighted by atomic mass is 10.1. The Hall–Kier alpha value is -3.85. The van der Waals surface area contributed by atoms with Crippen LogP contribution >= 0.6 is 0 Å². The molecule has 0 bridgehead atoms. The summed E-state index contributed by atoms with van der Waals surface area (Å²) in [6, 6.07) is 21.3. The van der Waals surface area contributed by atoms with Crippen molar-refractivity contribution in [1.82, 2.24) is 10.2 Å². The van der Waals surface area contributed by atoms with Gasteiger partial charge in [0, 0.05) is 13.1 Å². The molecule has 1 N–H and O–H groups in total. The Bertz CT molecular complexity index is 1380. The summed E-state index contributed by atoms with van der Waals surface area (Å²) in [6.45, 7) is 7.65. The molecule has 0 spiro atoms. The largest absolute Gasteiger partial charge is 0.495 e. The highest BCUT2D eigenvalue weighted by Crippen LogP contribution is 2.32. The minimum Gasteiger partial charge on any atom is -0.495 e. The fraction of sp³-hybridized carbons (Fsp3) is 0.333. The van der Waals surface area contributed by atoms with E-state index < -0.39 is 28.5 Å². The Morgan fingerprint density at radius 3 is 2.15 bits per heavy atom. The van der Waals surface area contributed by atoms with Crippen molar-refractivity contribution >= 4 is 27.5 Å². The number of aryl methyl sites for hydroxylation is 1. The molecule has 0 heterocycles. The fourth-order valence-corrected chi connectivity index (χ4v) is 5.52. The molecule has 1 atom stereocenters. The molecule has 3 aromatic carbocycles. The predicted octanol–water partition coefficient (Wildman–Crippen LogP) is 4.39. The smallest absolute Gasteiger partial charge is 0.264 e. The van der Waals surface area contributed by atoms with Gasteiger partial charge in [0.05, 0.1) is 17.7 Å². The summed E-state index contributed by atoms with van der Waals surface area (Å²) in [4.78, 5) is 28.6. The van der Waals surface area contributed by atoms with Gasteiger partial charge in [-0.1, -0.05) is 68.4 Å². The normalized spacial score (nSPS) is 12.1. The van der Waals surface area contributed by atoms with Gasteiger partial charge in [-0.25, -0.2) is 8.42 Å². The molecule has 9 heteroatoms. The number of nitrogens with zero attached hydrogens (tertiary/aromatic N) is 2. The van der Waals surface area contributed by atoms with E-state index in [1.54, 1.807) is 49.4 Å². The number of carbonyl (C=O) groups excluding carboxylic acids is 2. The van der Waals surface area contributed by atoms with E-state index in [-0.39, 0.29) is 29.0 Å². The summed E-state index contributed by atoms with van der Waals surface area (Å²) in [5.74, 6) is -0.284. The van der Waals surface area contributed by atoms with Crippen LogP contribution in [-0.4, -0.2) is 51.4 Å². The highest BCUT2D eigenvalue weighted by Gasteiger charge is 2.33. The second kappa shape index (κ2) is 13.3. The van der Waals surface area contributed by atoms with E-state index in [0.717, 1.165) is 15.4 Å². The zero-order chi connectivity index (χ0) is 28.6. The van der Waals surface area contributed by atoms with Crippen LogP contribution in [0.15, 0.2) is 83.8 Å². The number of sulfonamides is 1. The van der Waals surface area contributed by atoms with Crippen molar-refractivity contribution in [3.63, 3.8) is 0 Å². The van der Waals surface area contributed by atoms with Crippen LogP contribution in [0.2, 0.25) is 0 Å². The summed E-state index contributed by atoms with van der Waals surface area (Å²) >= 11 is 0. The van der Waals surface area contributed by atoms with Crippen molar-refractivity contribution < 1.29 is 22.7 Å². The van der Waals surface area contributed by atoms with E-state index in [0.29, 0.717) is 12.3 Å². The summed E-state index contributed by atoms with van der Waals surface area (Å²) in [5, 5.41) is 2.89. The first-order chi connectivity index (χ1) is 18.6. The highest BCUT2D eigenvalue weighted by atomic mass is 32.2. The number of ether oxygens (including phenoxy) is 1. The monoisotopic (exact) mass is 551 g/mol. The number of carbonyl (C=O) groups is 2. The summed E-state index contributed by atoms with van der Waals surface area (Å²) in [7, 11) is -2.71. The number of amides is 2. The molecule has 208 valence electrons. The first-order valence-electron chi connectivity index (χ1n) is 12.9. The van der Waals surface area contributed by atoms with Gasteiger partial charge >= 0.3 is 0 Å². The summed E-state index contributed by atoms with van der Waals surface area (Å²) in [6.07, 6.45) is 0. The topological polar surface area (TPSA) is 96.0 Å². The van der Waals surface area contributed by atoms with Crippen molar-refractivity contribution in [3.8, 4) is 5.75 Å². The van der Waals surface area contributed by atoms with Gasteiger partial charge in [0.1, 0.15) is 18.3 Å². The van der Waals surface area contributed by atoms with E-state index in [9.17, 15) is 18.0 Å². The predicted molar refractivity (Wildman–Crippen MR) is 153 cm³/mol. The van der Waals surface area contributed by atoms with Gasteiger partial charge in [-0.3, -0.25) is 13.9 Å². The maximum Gasteiger partial charge on any atom is 0.264 e. The van der Waals surface area contributed by atoms with Gasteiger partial charge in [-0.15, -0.1) is 0 Å². The van der Waals surface area contributed by atoms with Crippen molar-refractivity contribution in [3.05, 3.63) is 90.0 Å². The Balaban J connectivity index is 2.05. The third kappa shape index (κ3) is 7.38. The SMILES string of the molecule is COc1ccccc1N(CC(=O)N(Cc1ccccc1C)[C@@H](C)C(=O)NCC(C)C)S(=O)(=O)c1ccccc1. The van der Waals surface area contributed by atoms with Gasteiger partial charge in [0.25, 0.3) is 10.0 Å². The van der Waals surface area contributed by atoms with E-state index in [1.165, 1.54) is 24.1 Å². The third-order valence-corrected chi connectivity index (χ3v) is 8.19. The second-order valence-electron chi connectivity index (χ2n) is 9.76. The zero-order valence-corrected chi connectivity index (χ0v) is 23.9. The number of methoxy groups -OCH3 is 1. The molecule has 0 aliphatic rings. The molecule has 3 aromatic rings. The molecule has 0 radical (unpaired) electrons. The number of rotatable bonds is 12. The van der Waals surface area contributed by atoms with E-state index in [4.69, 9.17) is 4.74 Å². The molecule has 0 aliphatic carbocycles. The average Bonchev–Trinajstić information content (AvgIpc) is 2.94. The first kappa shape index (κ1) is 29.7. The average molecular weight is 552 g/mol. The lowest BCUT2D eigenvalue weighted by Gasteiger charge is -2.32. The molecular formula is C30H37N3O5S. The quantitative estimate of drug-likeness (QED) is 0.360. The van der Waals surface area contributed by atoms with Crippen LogP contribution in [0.4, 0.5) is 5.69 Å². The maximum absolute atomic E-state index is 14.0. The Morgan fingerprint density at radius 1 is 0.897 bits per heavy atom. The number of para-hydroxylation sites is 2. The number of anilines is 1. The molecule has 2 amide bonds. The Kier molecular flexibility index (Phi) is 10.1. The van der Waals surface area contributed by atoms with Crippen LogP contribution in [0.5, 0.6) is 5.75 Å². The van der Waals surface area contributed by atoms with Gasteiger partial charge in [-0.2, -0.15) is 0 Å². The lowest BCUT2D eigenvalue weighted by Crippen LogP contribution is -2.51. The molecular weight excluding hydrogens is 514 g/mol. The number of benzene rings is 3. The third-order valence-electron chi connectivity index (χ3n) is 6.42. The molecule has 3 rings (SSSR count). The number of hydrogen-bond acceptors (Lipinski definition) is 5. The van der Waals surface area contributed by atoms with Crippen LogP contribution in [-0.2, 0) is 26.2 Å². The summed E-state index contributed by atoms with van der Waals surface area (Å²) in [5.41, 5.74) is 2.05. The molecule has 39 heavy (non-hydrogen) atoms. The summed E-state index contributed by atoms with van der Waals surface area (Å²) < 4.78 is 34.3. The standard InChI is InChI=1S/C30H37N3O5S/c1-22(2)19-31-30(35)24(4)32(20-25-14-10-9-13-23(25)3)29(34)21-33(27-17-11-12-18-28(27)38-5)39(36,37)26-15-7-6-8-16-26/h6-18,22,24H,19-21H2,1-5H3,(H,31,35)/t24-/m0/s1. The van der Waals surface area contributed by atoms with Gasteiger partial charge in [0.15, 0.2) is 0 Å². The first-order valence-corrected chi connectivity index (χ1v) is 14.3. The number of nitrogens with one attached hydrogen (secondary N) is 1. The lowest BCUT2D eigenvalue weighted by molar-refractivity contribution is -0.139. The van der Waals surface area contributed by atoms with E-state index >= 15 is 0 Å². The van der Waals surface area contributed by atoms with Gasteiger partial charge in [0.2, 0.25) is 11.8 Å². The molecule has 0 unspecified atom stereocenters. The fourth-order valence-electron chi connectivity index (χ4n) is 4.07. The minimum atomic E-state index is -4.16. The molecule has 0 fully saturated rings. The Morgan fingerprint density at radius 2 is 1.51 bits per heavy atom. The van der Waals surface area contributed by atoms with Crippen molar-refractivity contribution in [2.45, 2.75) is 45.2 Å². The second-order valence-corrected chi connectivity index (χ2v) is 11.6. The van der Waals surface area contributed by atoms with Gasteiger partial charge in [-0.05, 0) is 55.2 Å². The number of hydrogen-bond donors (Lipinski definition) is 1. The zero-order valence-electron chi connectivity index (χ0n) is 23.1. The van der Waals surface area contributed by atoms with Crippen molar-refractivity contribution in [2.24, 2.45) is 5.92 Å². The molecule has 8 nitrogen and oxygen atoms in total. The van der Waals surface area contributed by atoms with Crippen molar-refractivity contribution in [2.75, 3.05) is 24.5 Å². The molecule has 0 saturated heterocycles. The van der Waals surface area contributed by atoms with Crippen LogP contribution in [0, 0.1) is 12.8 Å². The molecule has 0 aliphatic heterocycles. The highest BCUT2D eigenvalue weighted by molar-refractivity contribution is 7.92. The van der Waals surface area contributed by atoms with Crippen LogP contribution in [0.3, 0.4) is 0 Å². The molecule has 0 saturated carbocycles. The van der Waals surface area contributed by atoms with E-state index in [1.807, 2.05) is 45.0 Å². The van der Waals surface area contributed by atoms with E-state index in [2.05, 4.69) is 5.32 Å². The maximum atomic E-state index is 14.0. The van der Waals surface area contributed by atoms with Crippen LogP contribution in [0.25, 0.3) is 0 Å². The van der Waals surface area contributed by atoms with Crippen LogP contribution < -0.4 is 14.4 Å². The van der Waals surface area contributed by atoms with Crippen LogP contribution in [0.1, 0.15) is 31.9 Å². The molecule has 0 aromatic heterocycles.